The fourth-order valence-corrected chi connectivity index (χ4v) is 6.21. The monoisotopic (exact) mass is 328 g/mol. The van der Waals surface area contributed by atoms with E-state index in [1.165, 1.54) is 0 Å². The number of hydrogen-bond donors (Lipinski definition) is 0. The molecule has 21 heavy (non-hydrogen) atoms. The molecule has 1 unspecified atom stereocenters. The lowest BCUT2D eigenvalue weighted by atomic mass is 9.83. The first kappa shape index (κ1) is 18.9. The molecule has 1 nitrogen and oxygen atoms in total. The highest BCUT2D eigenvalue weighted by atomic mass is 28.4. The van der Waals surface area contributed by atoms with Crippen molar-refractivity contribution in [3.63, 3.8) is 0 Å². The van der Waals surface area contributed by atoms with Crippen LogP contribution in [0.25, 0.3) is 0 Å². The minimum Gasteiger partial charge on any atom is -0.407 e. The Hall–Kier alpha value is -0.103. The van der Waals surface area contributed by atoms with E-state index in [2.05, 4.69) is 0 Å². The highest BCUT2D eigenvalue weighted by Crippen LogP contribution is 2.41. The fraction of sp³-hybridized carbons (Fsp3) is 1.00. The molecule has 0 saturated heterocycles. The minimum atomic E-state index is -4.04. The topological polar surface area (TPSA) is 9.23 Å². The number of alkyl halides is 4. The molecule has 1 aliphatic carbocycles. The molecule has 0 aromatic carbocycles. The minimum absolute atomic E-state index is 0.431. The molecule has 0 N–H and O–H groups in total. The van der Waals surface area contributed by atoms with E-state index in [1.54, 1.807) is 0 Å². The van der Waals surface area contributed by atoms with Crippen molar-refractivity contribution in [1.29, 1.82) is 0 Å². The zero-order chi connectivity index (χ0) is 16.1. The largest absolute Gasteiger partial charge is 0.407 e. The van der Waals surface area contributed by atoms with Gasteiger partial charge in [-0.3, -0.25) is 0 Å². The van der Waals surface area contributed by atoms with Crippen LogP contribution in [0.15, 0.2) is 0 Å². The summed E-state index contributed by atoms with van der Waals surface area (Å²) in [6.45, 7) is 5.78. The molecule has 0 heterocycles. The molecule has 0 radical (unpaired) electrons. The van der Waals surface area contributed by atoms with Crippen molar-refractivity contribution in [2.45, 2.75) is 89.5 Å². The predicted octanol–water partition coefficient (Wildman–Crippen LogP) is 5.86. The van der Waals surface area contributed by atoms with Crippen molar-refractivity contribution in [1.82, 2.24) is 0 Å². The van der Waals surface area contributed by atoms with Crippen LogP contribution in [0.1, 0.15) is 52.9 Å². The molecule has 0 aliphatic heterocycles. The molecule has 1 fully saturated rings. The number of halogens is 4. The van der Waals surface area contributed by atoms with Gasteiger partial charge < -0.3 is 4.43 Å². The van der Waals surface area contributed by atoms with Crippen molar-refractivity contribution in [3.8, 4) is 0 Å². The van der Waals surface area contributed by atoms with Crippen LogP contribution in [-0.4, -0.2) is 26.8 Å². The van der Waals surface area contributed by atoms with Crippen LogP contribution in [-0.2, 0) is 4.43 Å². The smallest absolute Gasteiger partial charge is 0.331 e. The van der Waals surface area contributed by atoms with Gasteiger partial charge in [-0.25, -0.2) is 8.78 Å². The summed E-state index contributed by atoms with van der Waals surface area (Å²) in [5, 5.41) is 0. The van der Waals surface area contributed by atoms with Crippen LogP contribution in [0.5, 0.6) is 0 Å². The van der Waals surface area contributed by atoms with Crippen LogP contribution in [0, 0.1) is 5.92 Å². The first-order valence-corrected chi connectivity index (χ1v) is 10.7. The average molecular weight is 328 g/mol. The van der Waals surface area contributed by atoms with E-state index in [0.29, 0.717) is 31.0 Å². The van der Waals surface area contributed by atoms with Gasteiger partial charge in [0, 0.05) is 0 Å². The van der Waals surface area contributed by atoms with Crippen LogP contribution >= 0.6 is 0 Å². The van der Waals surface area contributed by atoms with E-state index in [-0.39, 0.29) is 0 Å². The average Bonchev–Trinajstić information content (AvgIpc) is 2.50. The standard InChI is InChI=1S/C15H28F4OSi/c1-4-21(5-2,6-3)20-13(15(18,19)14(16)17)12-10-8-7-9-11-12/h12-14H,4-11H2,1-3H3. The van der Waals surface area contributed by atoms with E-state index < -0.39 is 32.7 Å². The maximum absolute atomic E-state index is 14.1. The SMILES string of the molecule is CC[Si](CC)(CC)OC(C1CCCCC1)C(F)(F)C(F)F. The Morgan fingerprint density at radius 2 is 1.48 bits per heavy atom. The maximum atomic E-state index is 14.1. The summed E-state index contributed by atoms with van der Waals surface area (Å²) in [4.78, 5) is 0. The summed E-state index contributed by atoms with van der Waals surface area (Å²) >= 11 is 0. The first-order valence-electron chi connectivity index (χ1n) is 8.16. The lowest BCUT2D eigenvalue weighted by Crippen LogP contribution is -2.53. The van der Waals surface area contributed by atoms with E-state index in [9.17, 15) is 17.6 Å². The van der Waals surface area contributed by atoms with Gasteiger partial charge in [0.15, 0.2) is 8.32 Å². The zero-order valence-electron chi connectivity index (χ0n) is 13.3. The van der Waals surface area contributed by atoms with Gasteiger partial charge in [-0.15, -0.1) is 0 Å². The second kappa shape index (κ2) is 7.95. The Morgan fingerprint density at radius 3 is 1.86 bits per heavy atom. The number of rotatable bonds is 8. The molecule has 1 atom stereocenters. The molecular weight excluding hydrogens is 300 g/mol. The van der Waals surface area contributed by atoms with Crippen LogP contribution in [0.2, 0.25) is 18.1 Å². The third-order valence-electron chi connectivity index (χ3n) is 5.06. The number of hydrogen-bond acceptors (Lipinski definition) is 1. The maximum Gasteiger partial charge on any atom is 0.331 e. The Labute approximate surface area is 126 Å². The van der Waals surface area contributed by atoms with E-state index in [0.717, 1.165) is 19.3 Å². The Kier molecular flexibility index (Phi) is 7.17. The van der Waals surface area contributed by atoms with Gasteiger partial charge >= 0.3 is 12.3 Å². The highest BCUT2D eigenvalue weighted by molar-refractivity contribution is 6.73. The summed E-state index contributed by atoms with van der Waals surface area (Å²) in [6, 6.07) is 2.09. The molecule has 1 saturated carbocycles. The van der Waals surface area contributed by atoms with Gasteiger partial charge in [0.05, 0.1) is 0 Å². The predicted molar refractivity (Wildman–Crippen MR) is 79.6 cm³/mol. The quantitative estimate of drug-likeness (QED) is 0.401. The van der Waals surface area contributed by atoms with Gasteiger partial charge in [0.25, 0.3) is 0 Å². The van der Waals surface area contributed by atoms with Gasteiger partial charge in [-0.2, -0.15) is 8.78 Å². The lowest BCUT2D eigenvalue weighted by Gasteiger charge is -2.41. The van der Waals surface area contributed by atoms with Crippen molar-refractivity contribution in [3.05, 3.63) is 0 Å². The summed E-state index contributed by atoms with van der Waals surface area (Å²) in [6.07, 6.45) is -1.43. The summed E-state index contributed by atoms with van der Waals surface area (Å²) in [5.74, 6) is -4.47. The molecule has 0 aromatic rings. The van der Waals surface area contributed by atoms with Crippen LogP contribution in [0.3, 0.4) is 0 Å². The second-order valence-electron chi connectivity index (χ2n) is 6.16. The molecule has 0 aromatic heterocycles. The normalized spacial score (nSPS) is 20.0. The van der Waals surface area contributed by atoms with Gasteiger partial charge in [-0.05, 0) is 36.9 Å². The Balaban J connectivity index is 3.00. The van der Waals surface area contributed by atoms with E-state index in [4.69, 9.17) is 4.43 Å². The molecule has 6 heteroatoms. The Bertz CT molecular complexity index is 294. The highest BCUT2D eigenvalue weighted by Gasteiger charge is 2.54. The van der Waals surface area contributed by atoms with Crippen molar-refractivity contribution in [2.75, 3.05) is 0 Å². The lowest BCUT2D eigenvalue weighted by molar-refractivity contribution is -0.202. The van der Waals surface area contributed by atoms with Crippen molar-refractivity contribution in [2.24, 2.45) is 5.92 Å². The van der Waals surface area contributed by atoms with Crippen molar-refractivity contribution < 1.29 is 22.0 Å². The Morgan fingerprint density at radius 1 is 1.00 bits per heavy atom. The molecule has 1 aliphatic rings. The molecule has 0 bridgehead atoms. The molecule has 1 rings (SSSR count). The summed E-state index contributed by atoms with van der Waals surface area (Å²) in [7, 11) is -2.33. The van der Waals surface area contributed by atoms with Crippen LogP contribution in [0.4, 0.5) is 17.6 Å². The second-order valence-corrected chi connectivity index (χ2v) is 10.9. The fourth-order valence-electron chi connectivity index (χ4n) is 3.32. The first-order chi connectivity index (χ1) is 9.83. The third-order valence-corrected chi connectivity index (χ3v) is 9.68. The van der Waals surface area contributed by atoms with Crippen molar-refractivity contribution >= 4 is 8.32 Å². The van der Waals surface area contributed by atoms with E-state index in [1.807, 2.05) is 20.8 Å². The van der Waals surface area contributed by atoms with Gasteiger partial charge in [0.1, 0.15) is 6.10 Å². The third kappa shape index (κ3) is 4.44. The van der Waals surface area contributed by atoms with Gasteiger partial charge in [0.2, 0.25) is 0 Å². The molecule has 0 spiro atoms. The summed E-state index contributed by atoms with van der Waals surface area (Å²) < 4.78 is 59.8. The zero-order valence-corrected chi connectivity index (χ0v) is 14.3. The van der Waals surface area contributed by atoms with Gasteiger partial charge in [-0.1, -0.05) is 40.0 Å². The molecule has 126 valence electrons. The summed E-state index contributed by atoms with van der Waals surface area (Å²) in [5.41, 5.74) is 0. The van der Waals surface area contributed by atoms with E-state index >= 15 is 0 Å². The molecule has 0 amide bonds. The molecular formula is C15H28F4OSi. The van der Waals surface area contributed by atoms with Crippen LogP contribution < -0.4 is 0 Å².